The van der Waals surface area contributed by atoms with Gasteiger partial charge >= 0.3 is 0 Å². The fourth-order valence-electron chi connectivity index (χ4n) is 2.83. The number of nitrogens with zero attached hydrogens (tertiary/aromatic N) is 2. The predicted molar refractivity (Wildman–Crippen MR) is 89.4 cm³/mol. The van der Waals surface area contributed by atoms with Gasteiger partial charge in [0.25, 0.3) is 5.91 Å². The van der Waals surface area contributed by atoms with Crippen LogP contribution >= 0.6 is 0 Å². The van der Waals surface area contributed by atoms with Gasteiger partial charge in [-0.25, -0.2) is 4.98 Å². The summed E-state index contributed by atoms with van der Waals surface area (Å²) >= 11 is 0. The summed E-state index contributed by atoms with van der Waals surface area (Å²) in [5.74, 6) is 0.705. The number of rotatable bonds is 3. The normalized spacial score (nSPS) is 14.7. The molecule has 1 aliphatic rings. The van der Waals surface area contributed by atoms with E-state index in [0.29, 0.717) is 5.56 Å². The molecule has 0 unspecified atom stereocenters. The number of para-hydroxylation sites is 1. The van der Waals surface area contributed by atoms with Crippen LogP contribution in [-0.2, 0) is 0 Å². The number of aromatic nitrogens is 1. The largest absolute Gasteiger partial charge is 0.356 e. The van der Waals surface area contributed by atoms with Crippen molar-refractivity contribution >= 4 is 17.4 Å². The van der Waals surface area contributed by atoms with Crippen LogP contribution in [0.1, 0.15) is 35.2 Å². The summed E-state index contributed by atoms with van der Waals surface area (Å²) in [7, 11) is 0. The lowest BCUT2D eigenvalue weighted by Gasteiger charge is -2.29. The first-order valence-corrected chi connectivity index (χ1v) is 7.82. The molecule has 1 N–H and O–H groups in total. The molecule has 1 saturated heterocycles. The van der Waals surface area contributed by atoms with E-state index in [9.17, 15) is 4.79 Å². The lowest BCUT2D eigenvalue weighted by atomic mass is 10.1. The Bertz CT molecular complexity index is 663. The van der Waals surface area contributed by atoms with E-state index in [0.717, 1.165) is 43.0 Å². The Labute approximate surface area is 131 Å². The van der Waals surface area contributed by atoms with Crippen LogP contribution in [0.4, 0.5) is 11.5 Å². The maximum absolute atomic E-state index is 12.7. The van der Waals surface area contributed by atoms with Crippen molar-refractivity contribution in [2.45, 2.75) is 26.2 Å². The zero-order chi connectivity index (χ0) is 15.4. The number of benzene rings is 1. The summed E-state index contributed by atoms with van der Waals surface area (Å²) < 4.78 is 0. The molecule has 22 heavy (non-hydrogen) atoms. The summed E-state index contributed by atoms with van der Waals surface area (Å²) in [6, 6.07) is 11.5. The standard InChI is InChI=1S/C18H21N3O/c1-14-8-3-4-10-16(14)20-18(22)15-9-7-11-19-17(15)21-12-5-2-6-13-21/h3-4,7-11H,2,5-6,12-13H2,1H3,(H,20,22). The molecule has 4 nitrogen and oxygen atoms in total. The topological polar surface area (TPSA) is 45.2 Å². The van der Waals surface area contributed by atoms with Gasteiger partial charge in [0.05, 0.1) is 5.56 Å². The monoisotopic (exact) mass is 295 g/mol. The highest BCUT2D eigenvalue weighted by Crippen LogP contribution is 2.23. The van der Waals surface area contributed by atoms with Crippen molar-refractivity contribution in [2.75, 3.05) is 23.3 Å². The summed E-state index contributed by atoms with van der Waals surface area (Å²) in [4.78, 5) is 19.3. The van der Waals surface area contributed by atoms with Crippen LogP contribution < -0.4 is 10.2 Å². The van der Waals surface area contributed by atoms with Gasteiger partial charge in [-0.1, -0.05) is 18.2 Å². The van der Waals surface area contributed by atoms with Crippen molar-refractivity contribution in [3.63, 3.8) is 0 Å². The molecule has 0 saturated carbocycles. The summed E-state index contributed by atoms with van der Waals surface area (Å²) in [5.41, 5.74) is 2.55. The number of piperidine rings is 1. The Kier molecular flexibility index (Phi) is 4.37. The molecular formula is C18H21N3O. The number of aryl methyl sites for hydroxylation is 1. The van der Waals surface area contributed by atoms with E-state index < -0.39 is 0 Å². The smallest absolute Gasteiger partial charge is 0.259 e. The van der Waals surface area contributed by atoms with Crippen molar-refractivity contribution in [3.8, 4) is 0 Å². The van der Waals surface area contributed by atoms with Gasteiger partial charge in [0.15, 0.2) is 0 Å². The summed E-state index contributed by atoms with van der Waals surface area (Å²) in [5, 5.41) is 3.00. The van der Waals surface area contributed by atoms with Crippen LogP contribution in [0.5, 0.6) is 0 Å². The van der Waals surface area contributed by atoms with E-state index in [2.05, 4.69) is 15.2 Å². The minimum absolute atomic E-state index is 0.0945. The Morgan fingerprint density at radius 2 is 1.86 bits per heavy atom. The van der Waals surface area contributed by atoms with E-state index in [1.165, 1.54) is 6.42 Å². The summed E-state index contributed by atoms with van der Waals surface area (Å²) in [6.07, 6.45) is 5.34. The average Bonchev–Trinajstić information content (AvgIpc) is 2.58. The predicted octanol–water partition coefficient (Wildman–Crippen LogP) is 3.63. The number of nitrogens with one attached hydrogen (secondary N) is 1. The molecule has 2 aromatic rings. The molecule has 4 heteroatoms. The van der Waals surface area contributed by atoms with Crippen molar-refractivity contribution < 1.29 is 4.79 Å². The zero-order valence-electron chi connectivity index (χ0n) is 12.9. The molecule has 0 atom stereocenters. The molecule has 2 heterocycles. The second-order valence-electron chi connectivity index (χ2n) is 5.69. The molecule has 1 aromatic heterocycles. The van der Waals surface area contributed by atoms with Gasteiger partial charge < -0.3 is 10.2 Å². The number of hydrogen-bond donors (Lipinski definition) is 1. The van der Waals surface area contributed by atoms with Crippen LogP contribution in [0.15, 0.2) is 42.6 Å². The van der Waals surface area contributed by atoms with Gasteiger partial charge in [-0.05, 0) is 49.9 Å². The first-order chi connectivity index (χ1) is 10.8. The number of amides is 1. The maximum Gasteiger partial charge on any atom is 0.259 e. The van der Waals surface area contributed by atoms with Crippen LogP contribution in [-0.4, -0.2) is 24.0 Å². The number of carbonyl (C=O) groups is 1. The fourth-order valence-corrected chi connectivity index (χ4v) is 2.83. The van der Waals surface area contributed by atoms with Gasteiger partial charge in [-0.2, -0.15) is 0 Å². The van der Waals surface area contributed by atoms with Gasteiger partial charge in [0.2, 0.25) is 0 Å². The van der Waals surface area contributed by atoms with Crippen LogP contribution in [0.25, 0.3) is 0 Å². The molecule has 0 aliphatic carbocycles. The molecule has 1 aromatic carbocycles. The third-order valence-electron chi connectivity index (χ3n) is 4.08. The van der Waals surface area contributed by atoms with Gasteiger partial charge in [0, 0.05) is 25.0 Å². The van der Waals surface area contributed by atoms with E-state index in [1.54, 1.807) is 6.20 Å². The lowest BCUT2D eigenvalue weighted by molar-refractivity contribution is 0.102. The summed E-state index contributed by atoms with van der Waals surface area (Å²) in [6.45, 7) is 3.94. The van der Waals surface area contributed by atoms with Gasteiger partial charge in [-0.3, -0.25) is 4.79 Å². The van der Waals surface area contributed by atoms with E-state index >= 15 is 0 Å². The molecule has 114 valence electrons. The van der Waals surface area contributed by atoms with Crippen molar-refractivity contribution in [2.24, 2.45) is 0 Å². The minimum Gasteiger partial charge on any atom is -0.356 e. The highest BCUT2D eigenvalue weighted by molar-refractivity contribution is 6.07. The van der Waals surface area contributed by atoms with Crippen molar-refractivity contribution in [1.29, 1.82) is 0 Å². The van der Waals surface area contributed by atoms with E-state index in [1.807, 2.05) is 43.3 Å². The third-order valence-corrected chi connectivity index (χ3v) is 4.08. The Morgan fingerprint density at radius 3 is 2.64 bits per heavy atom. The lowest BCUT2D eigenvalue weighted by Crippen LogP contribution is -2.32. The van der Waals surface area contributed by atoms with Gasteiger partial charge in [-0.15, -0.1) is 0 Å². The van der Waals surface area contributed by atoms with E-state index in [-0.39, 0.29) is 5.91 Å². The van der Waals surface area contributed by atoms with Crippen molar-refractivity contribution in [3.05, 3.63) is 53.7 Å². The highest BCUT2D eigenvalue weighted by Gasteiger charge is 2.19. The number of anilines is 2. The Morgan fingerprint density at radius 1 is 1.09 bits per heavy atom. The average molecular weight is 295 g/mol. The molecule has 0 spiro atoms. The quantitative estimate of drug-likeness (QED) is 0.940. The molecule has 3 rings (SSSR count). The zero-order valence-corrected chi connectivity index (χ0v) is 12.9. The van der Waals surface area contributed by atoms with E-state index in [4.69, 9.17) is 0 Å². The first kappa shape index (κ1) is 14.6. The molecular weight excluding hydrogens is 274 g/mol. The first-order valence-electron chi connectivity index (χ1n) is 7.82. The number of carbonyl (C=O) groups excluding carboxylic acids is 1. The van der Waals surface area contributed by atoms with Crippen LogP contribution in [0.3, 0.4) is 0 Å². The third kappa shape index (κ3) is 3.11. The molecule has 0 radical (unpaired) electrons. The SMILES string of the molecule is Cc1ccccc1NC(=O)c1cccnc1N1CCCCC1. The maximum atomic E-state index is 12.7. The van der Waals surface area contributed by atoms with Crippen LogP contribution in [0.2, 0.25) is 0 Å². The molecule has 1 amide bonds. The minimum atomic E-state index is -0.0945. The van der Waals surface area contributed by atoms with Gasteiger partial charge in [0.1, 0.15) is 5.82 Å². The fraction of sp³-hybridized carbons (Fsp3) is 0.333. The number of pyridine rings is 1. The number of hydrogen-bond acceptors (Lipinski definition) is 3. The Balaban J connectivity index is 1.85. The molecule has 1 aliphatic heterocycles. The second kappa shape index (κ2) is 6.60. The van der Waals surface area contributed by atoms with Crippen LogP contribution in [0, 0.1) is 6.92 Å². The van der Waals surface area contributed by atoms with Crippen molar-refractivity contribution in [1.82, 2.24) is 4.98 Å². The molecule has 0 bridgehead atoms. The highest BCUT2D eigenvalue weighted by atomic mass is 16.1. The molecule has 1 fully saturated rings. The Hall–Kier alpha value is -2.36. The second-order valence-corrected chi connectivity index (χ2v) is 5.69.